The van der Waals surface area contributed by atoms with Crippen LogP contribution in [0.5, 0.6) is 0 Å². The molecule has 0 spiro atoms. The second-order valence-corrected chi connectivity index (χ2v) is 6.00. The molecule has 1 aromatic carbocycles. The van der Waals surface area contributed by atoms with Crippen LogP contribution in [0.4, 0.5) is 0 Å². The Bertz CT molecular complexity index is 448. The molecule has 2 aliphatic heterocycles. The van der Waals surface area contributed by atoms with Crippen LogP contribution in [0.3, 0.4) is 0 Å². The highest BCUT2D eigenvalue weighted by atomic mass is 16.5. The average Bonchev–Trinajstić information content (AvgIpc) is 2.46. The van der Waals surface area contributed by atoms with Gasteiger partial charge in [-0.25, -0.2) is 0 Å². The van der Waals surface area contributed by atoms with Gasteiger partial charge >= 0.3 is 0 Å². The topological polar surface area (TPSA) is 38.5 Å². The molecule has 0 radical (unpaired) electrons. The maximum Gasteiger partial charge on any atom is 0.0565 e. The summed E-state index contributed by atoms with van der Waals surface area (Å²) in [5, 5.41) is 0. The van der Waals surface area contributed by atoms with Gasteiger partial charge in [0.15, 0.2) is 0 Å². The van der Waals surface area contributed by atoms with Crippen LogP contribution < -0.4 is 5.73 Å². The highest BCUT2D eigenvalue weighted by molar-refractivity contribution is 5.29. The van der Waals surface area contributed by atoms with Gasteiger partial charge in [-0.2, -0.15) is 0 Å². The second kappa shape index (κ2) is 5.23. The van der Waals surface area contributed by atoms with E-state index in [-0.39, 0.29) is 5.54 Å². The Morgan fingerprint density at radius 2 is 2.16 bits per heavy atom. The Hall–Kier alpha value is -0.900. The summed E-state index contributed by atoms with van der Waals surface area (Å²) in [5.41, 5.74) is 9.28. The van der Waals surface area contributed by atoms with Crippen LogP contribution >= 0.6 is 0 Å². The summed E-state index contributed by atoms with van der Waals surface area (Å²) >= 11 is 0. The first-order valence-corrected chi connectivity index (χ1v) is 7.37. The van der Waals surface area contributed by atoms with Crippen LogP contribution in [0.2, 0.25) is 0 Å². The van der Waals surface area contributed by atoms with E-state index in [2.05, 4.69) is 36.1 Å². The molecule has 19 heavy (non-hydrogen) atoms. The molecular formula is C16H24N2O. The normalized spacial score (nSPS) is 32.0. The van der Waals surface area contributed by atoms with Gasteiger partial charge in [-0.3, -0.25) is 4.90 Å². The number of fused-ring (bicyclic) bond motifs is 1. The van der Waals surface area contributed by atoms with E-state index < -0.39 is 0 Å². The van der Waals surface area contributed by atoms with E-state index >= 15 is 0 Å². The van der Waals surface area contributed by atoms with E-state index in [4.69, 9.17) is 10.5 Å². The molecular weight excluding hydrogens is 236 g/mol. The van der Waals surface area contributed by atoms with Crippen molar-refractivity contribution in [1.29, 1.82) is 0 Å². The molecule has 1 aromatic rings. The molecule has 1 saturated heterocycles. The molecule has 0 amide bonds. The Kier molecular flexibility index (Phi) is 3.61. The number of ether oxygens (including phenoxy) is 1. The smallest absolute Gasteiger partial charge is 0.0565 e. The summed E-state index contributed by atoms with van der Waals surface area (Å²) in [6.45, 7) is 5.92. The highest BCUT2D eigenvalue weighted by Crippen LogP contribution is 2.34. The highest BCUT2D eigenvalue weighted by Gasteiger charge is 2.40. The third kappa shape index (κ3) is 2.42. The van der Waals surface area contributed by atoms with Gasteiger partial charge in [-0.1, -0.05) is 24.3 Å². The Morgan fingerprint density at radius 1 is 1.37 bits per heavy atom. The zero-order chi connectivity index (χ0) is 13.3. The summed E-state index contributed by atoms with van der Waals surface area (Å²) in [6.07, 6.45) is 3.60. The van der Waals surface area contributed by atoms with Crippen LogP contribution in [-0.4, -0.2) is 36.2 Å². The number of rotatable bonds is 2. The van der Waals surface area contributed by atoms with Crippen LogP contribution in [-0.2, 0) is 17.7 Å². The third-order valence-electron chi connectivity index (χ3n) is 4.82. The summed E-state index contributed by atoms with van der Waals surface area (Å²) in [5.74, 6) is 0. The van der Waals surface area contributed by atoms with Gasteiger partial charge in [-0.05, 0) is 37.3 Å². The van der Waals surface area contributed by atoms with Gasteiger partial charge in [0.1, 0.15) is 0 Å². The predicted octanol–water partition coefficient (Wildman–Crippen LogP) is 1.94. The lowest BCUT2D eigenvalue weighted by atomic mass is 9.83. The molecule has 3 heteroatoms. The summed E-state index contributed by atoms with van der Waals surface area (Å²) in [6, 6.07) is 8.80. The molecule has 3 nitrogen and oxygen atoms in total. The minimum absolute atomic E-state index is 0.144. The molecule has 0 aliphatic carbocycles. The van der Waals surface area contributed by atoms with Crippen molar-refractivity contribution < 1.29 is 4.74 Å². The van der Waals surface area contributed by atoms with E-state index in [1.807, 2.05) is 0 Å². The standard InChI is InChI=1S/C16H24N2O/c1-13-10-16(12-17,7-9-19-13)18-8-6-14-4-2-3-5-15(14)11-18/h2-5,13H,6-12,17H2,1H3. The molecule has 1 fully saturated rings. The second-order valence-electron chi connectivity index (χ2n) is 6.00. The first-order valence-electron chi connectivity index (χ1n) is 7.37. The molecule has 2 atom stereocenters. The van der Waals surface area contributed by atoms with Gasteiger partial charge in [-0.15, -0.1) is 0 Å². The predicted molar refractivity (Wildman–Crippen MR) is 77.0 cm³/mol. The van der Waals surface area contributed by atoms with Crippen molar-refractivity contribution in [3.8, 4) is 0 Å². The largest absolute Gasteiger partial charge is 0.378 e. The number of benzene rings is 1. The van der Waals surface area contributed by atoms with Crippen molar-refractivity contribution in [3.05, 3.63) is 35.4 Å². The minimum atomic E-state index is 0.144. The zero-order valence-electron chi connectivity index (χ0n) is 11.8. The summed E-state index contributed by atoms with van der Waals surface area (Å²) in [4.78, 5) is 2.61. The van der Waals surface area contributed by atoms with Crippen molar-refractivity contribution in [2.75, 3.05) is 19.7 Å². The SMILES string of the molecule is CC1CC(CN)(N2CCc3ccccc3C2)CCO1. The summed E-state index contributed by atoms with van der Waals surface area (Å²) < 4.78 is 5.71. The summed E-state index contributed by atoms with van der Waals surface area (Å²) in [7, 11) is 0. The van der Waals surface area contributed by atoms with Gasteiger partial charge in [0.05, 0.1) is 6.10 Å². The van der Waals surface area contributed by atoms with E-state index in [0.717, 1.165) is 45.5 Å². The molecule has 0 aromatic heterocycles. The van der Waals surface area contributed by atoms with Gasteiger partial charge in [0.2, 0.25) is 0 Å². The van der Waals surface area contributed by atoms with E-state index in [1.165, 1.54) is 11.1 Å². The minimum Gasteiger partial charge on any atom is -0.378 e. The fraction of sp³-hybridized carbons (Fsp3) is 0.625. The number of nitrogens with two attached hydrogens (primary N) is 1. The van der Waals surface area contributed by atoms with Crippen LogP contribution in [0, 0.1) is 0 Å². The monoisotopic (exact) mass is 260 g/mol. The fourth-order valence-corrected chi connectivity index (χ4v) is 3.65. The molecule has 104 valence electrons. The Morgan fingerprint density at radius 3 is 2.89 bits per heavy atom. The van der Waals surface area contributed by atoms with Gasteiger partial charge < -0.3 is 10.5 Å². The van der Waals surface area contributed by atoms with Crippen molar-refractivity contribution in [3.63, 3.8) is 0 Å². The van der Waals surface area contributed by atoms with Crippen LogP contribution in [0.15, 0.2) is 24.3 Å². The maximum absolute atomic E-state index is 6.15. The van der Waals surface area contributed by atoms with Gasteiger partial charge in [0, 0.05) is 31.8 Å². The van der Waals surface area contributed by atoms with Crippen LogP contribution in [0.25, 0.3) is 0 Å². The van der Waals surface area contributed by atoms with Crippen molar-refractivity contribution >= 4 is 0 Å². The molecule has 2 heterocycles. The van der Waals surface area contributed by atoms with E-state index in [1.54, 1.807) is 0 Å². The molecule has 2 unspecified atom stereocenters. The van der Waals surface area contributed by atoms with Crippen molar-refractivity contribution in [2.45, 2.75) is 44.4 Å². The first kappa shape index (κ1) is 13.1. The van der Waals surface area contributed by atoms with Crippen LogP contribution in [0.1, 0.15) is 30.9 Å². The van der Waals surface area contributed by atoms with E-state index in [0.29, 0.717) is 6.10 Å². The van der Waals surface area contributed by atoms with Crippen molar-refractivity contribution in [1.82, 2.24) is 4.90 Å². The number of hydrogen-bond donors (Lipinski definition) is 1. The quantitative estimate of drug-likeness (QED) is 0.883. The molecule has 2 aliphatic rings. The first-order chi connectivity index (χ1) is 9.23. The fourth-order valence-electron chi connectivity index (χ4n) is 3.65. The maximum atomic E-state index is 6.15. The Labute approximate surface area is 115 Å². The lowest BCUT2D eigenvalue weighted by Crippen LogP contribution is -2.59. The molecule has 2 N–H and O–H groups in total. The molecule has 0 saturated carbocycles. The average molecular weight is 260 g/mol. The van der Waals surface area contributed by atoms with Crippen molar-refractivity contribution in [2.24, 2.45) is 5.73 Å². The third-order valence-corrected chi connectivity index (χ3v) is 4.82. The zero-order valence-corrected chi connectivity index (χ0v) is 11.8. The number of hydrogen-bond acceptors (Lipinski definition) is 3. The number of nitrogens with zero attached hydrogens (tertiary/aromatic N) is 1. The molecule has 0 bridgehead atoms. The van der Waals surface area contributed by atoms with E-state index in [9.17, 15) is 0 Å². The lowest BCUT2D eigenvalue weighted by Gasteiger charge is -2.49. The lowest BCUT2D eigenvalue weighted by molar-refractivity contribution is -0.0682. The Balaban J connectivity index is 1.82. The van der Waals surface area contributed by atoms with Gasteiger partial charge in [0.25, 0.3) is 0 Å². The molecule has 3 rings (SSSR count).